The topological polar surface area (TPSA) is 49.1 Å². The average molecular weight is 296 g/mol. The number of ether oxygens (including phenoxy) is 1. The molecule has 0 aromatic carbocycles. The Hall–Kier alpha value is -0.830. The van der Waals surface area contributed by atoms with Crippen LogP contribution in [0.4, 0.5) is 5.00 Å². The number of hydrogen-bond acceptors (Lipinski definition) is 5. The van der Waals surface area contributed by atoms with E-state index in [1.54, 1.807) is 0 Å². The molecule has 2 bridgehead atoms. The lowest BCUT2D eigenvalue weighted by molar-refractivity contribution is 0.0448. The first-order valence-electron chi connectivity index (χ1n) is 6.59. The predicted octanol–water partition coefficient (Wildman–Crippen LogP) is 2.53. The number of nitriles is 1. The van der Waals surface area contributed by atoms with Crippen LogP contribution >= 0.6 is 23.1 Å². The van der Waals surface area contributed by atoms with E-state index in [0.717, 1.165) is 23.4 Å². The Morgan fingerprint density at radius 1 is 1.47 bits per heavy atom. The molecule has 0 N–H and O–H groups in total. The summed E-state index contributed by atoms with van der Waals surface area (Å²) in [7, 11) is 1.81. The Morgan fingerprint density at radius 3 is 3.05 bits per heavy atom. The zero-order chi connectivity index (χ0) is 13.1. The molecule has 5 atom stereocenters. The van der Waals surface area contributed by atoms with Crippen molar-refractivity contribution in [2.24, 2.45) is 17.8 Å². The summed E-state index contributed by atoms with van der Waals surface area (Å²) in [5.74, 6) is 2.18. The van der Waals surface area contributed by atoms with Gasteiger partial charge in [0, 0.05) is 13.7 Å². The Bertz CT molecular complexity index is 567. The zero-order valence-electron chi connectivity index (χ0n) is 10.5. The molecule has 3 aliphatic rings. The van der Waals surface area contributed by atoms with Crippen LogP contribution in [0.5, 0.6) is 0 Å². The van der Waals surface area contributed by atoms with E-state index in [9.17, 15) is 5.26 Å². The molecule has 1 saturated heterocycles. The third-order valence-electron chi connectivity index (χ3n) is 5.09. The van der Waals surface area contributed by atoms with Crippen LogP contribution in [-0.2, 0) is 4.74 Å². The summed E-state index contributed by atoms with van der Waals surface area (Å²) >= 11 is 7.35. The highest BCUT2D eigenvalue weighted by atomic mass is 35.5. The predicted molar refractivity (Wildman–Crippen MR) is 73.5 cm³/mol. The van der Waals surface area contributed by atoms with Crippen molar-refractivity contribution >= 4 is 28.1 Å². The van der Waals surface area contributed by atoms with Gasteiger partial charge in [0.15, 0.2) is 5.15 Å². The second kappa shape index (κ2) is 4.08. The van der Waals surface area contributed by atoms with Gasteiger partial charge in [-0.15, -0.1) is 0 Å². The van der Waals surface area contributed by atoms with Gasteiger partial charge in [0.2, 0.25) is 0 Å². The van der Waals surface area contributed by atoms with E-state index in [-0.39, 0.29) is 0 Å². The number of nitrogens with zero attached hydrogens (tertiary/aromatic N) is 3. The maximum atomic E-state index is 9.26. The first-order chi connectivity index (χ1) is 9.24. The number of methoxy groups -OCH3 is 1. The van der Waals surface area contributed by atoms with E-state index in [0.29, 0.717) is 28.8 Å². The molecule has 0 unspecified atom stereocenters. The molecule has 19 heavy (non-hydrogen) atoms. The number of fused-ring (bicyclic) bond motifs is 1. The zero-order valence-corrected chi connectivity index (χ0v) is 12.1. The van der Waals surface area contributed by atoms with Gasteiger partial charge >= 0.3 is 0 Å². The minimum absolute atomic E-state index is 0.302. The molecule has 0 spiro atoms. The van der Waals surface area contributed by atoms with Crippen molar-refractivity contribution < 1.29 is 4.74 Å². The lowest BCUT2D eigenvalue weighted by Gasteiger charge is -2.31. The standard InChI is InChI=1S/C13H14ClN3OS/c1-18-11-6-2-7-5-17(10(11)8(7)3-6)13-9(4-15)12(14)16-19-13/h6-8,10-11H,2-3,5H2,1H3/t6-,7-,8-,10+,11+/m0/s1. The molecule has 3 fully saturated rings. The van der Waals surface area contributed by atoms with Crippen molar-refractivity contribution in [3.05, 3.63) is 10.7 Å². The molecule has 2 aliphatic carbocycles. The van der Waals surface area contributed by atoms with Crippen molar-refractivity contribution in [1.82, 2.24) is 4.37 Å². The van der Waals surface area contributed by atoms with Gasteiger partial charge in [-0.1, -0.05) is 11.6 Å². The summed E-state index contributed by atoms with van der Waals surface area (Å²) in [6.07, 6.45) is 2.85. The summed E-state index contributed by atoms with van der Waals surface area (Å²) in [4.78, 5) is 2.35. The van der Waals surface area contributed by atoms with Gasteiger partial charge in [-0.2, -0.15) is 9.64 Å². The van der Waals surface area contributed by atoms with Gasteiger partial charge in [-0.05, 0) is 42.1 Å². The van der Waals surface area contributed by atoms with Crippen LogP contribution in [0.1, 0.15) is 18.4 Å². The fourth-order valence-corrected chi connectivity index (χ4v) is 5.59. The van der Waals surface area contributed by atoms with Crippen LogP contribution in [0.2, 0.25) is 5.15 Å². The smallest absolute Gasteiger partial charge is 0.162 e. The largest absolute Gasteiger partial charge is 0.379 e. The number of hydrogen-bond donors (Lipinski definition) is 0. The van der Waals surface area contributed by atoms with E-state index >= 15 is 0 Å². The molecule has 2 saturated carbocycles. The minimum Gasteiger partial charge on any atom is -0.379 e. The minimum atomic E-state index is 0.302. The second-order valence-corrected chi connectivity index (χ2v) is 6.87. The van der Waals surface area contributed by atoms with Gasteiger partial charge in [-0.3, -0.25) is 0 Å². The molecule has 1 aromatic rings. The summed E-state index contributed by atoms with van der Waals surface area (Å²) < 4.78 is 9.87. The maximum Gasteiger partial charge on any atom is 0.162 e. The maximum absolute atomic E-state index is 9.26. The molecule has 4 rings (SSSR count). The highest BCUT2D eigenvalue weighted by Crippen LogP contribution is 2.57. The van der Waals surface area contributed by atoms with E-state index in [2.05, 4.69) is 15.3 Å². The van der Waals surface area contributed by atoms with Crippen LogP contribution in [0.3, 0.4) is 0 Å². The molecular weight excluding hydrogens is 282 g/mol. The van der Waals surface area contributed by atoms with Gasteiger partial charge in [-0.25, -0.2) is 0 Å². The highest BCUT2D eigenvalue weighted by Gasteiger charge is 2.60. The molecule has 0 radical (unpaired) electrons. The molecule has 0 amide bonds. The summed E-state index contributed by atoms with van der Waals surface area (Å²) in [6, 6.07) is 2.61. The lowest BCUT2D eigenvalue weighted by atomic mass is 9.88. The molecule has 2 heterocycles. The molecular formula is C13H14ClN3OS. The normalized spacial score (nSPS) is 39.0. The van der Waals surface area contributed by atoms with Gasteiger partial charge < -0.3 is 9.64 Å². The first-order valence-corrected chi connectivity index (χ1v) is 7.74. The Kier molecular flexibility index (Phi) is 2.57. The Labute approximate surface area is 121 Å². The summed E-state index contributed by atoms with van der Waals surface area (Å²) in [5.41, 5.74) is 0.534. The fraction of sp³-hybridized carbons (Fsp3) is 0.692. The lowest BCUT2D eigenvalue weighted by Crippen LogP contribution is -2.41. The number of rotatable bonds is 2. The molecule has 6 heteroatoms. The summed E-state index contributed by atoms with van der Waals surface area (Å²) in [5, 5.41) is 10.5. The van der Waals surface area contributed by atoms with E-state index in [4.69, 9.17) is 16.3 Å². The quantitative estimate of drug-likeness (QED) is 0.841. The Morgan fingerprint density at radius 2 is 2.32 bits per heavy atom. The molecule has 1 aromatic heterocycles. The van der Waals surface area contributed by atoms with Crippen molar-refractivity contribution in [3.63, 3.8) is 0 Å². The van der Waals surface area contributed by atoms with Crippen LogP contribution < -0.4 is 4.90 Å². The van der Waals surface area contributed by atoms with Crippen LogP contribution in [0, 0.1) is 29.1 Å². The second-order valence-electron chi connectivity index (χ2n) is 5.76. The summed E-state index contributed by atoms with van der Waals surface area (Å²) in [6.45, 7) is 1.03. The van der Waals surface area contributed by atoms with Crippen LogP contribution in [-0.4, -0.2) is 30.2 Å². The van der Waals surface area contributed by atoms with Crippen molar-refractivity contribution in [2.45, 2.75) is 25.0 Å². The average Bonchev–Trinajstić information content (AvgIpc) is 3.08. The van der Waals surface area contributed by atoms with E-state index < -0.39 is 0 Å². The Balaban J connectivity index is 1.75. The van der Waals surface area contributed by atoms with Crippen LogP contribution in [0.25, 0.3) is 0 Å². The SMILES string of the molecule is CO[C@@H]1[C@H]2C[C@H]3CN(c4snc(Cl)c4C#N)[C@@H]1[C@H]3C2. The molecule has 1 aliphatic heterocycles. The van der Waals surface area contributed by atoms with Gasteiger partial charge in [0.25, 0.3) is 0 Å². The third-order valence-corrected chi connectivity index (χ3v) is 6.35. The number of halogens is 1. The monoisotopic (exact) mass is 295 g/mol. The number of anilines is 1. The highest BCUT2D eigenvalue weighted by molar-refractivity contribution is 7.10. The molecule has 100 valence electrons. The van der Waals surface area contributed by atoms with Crippen molar-refractivity contribution in [1.29, 1.82) is 5.26 Å². The van der Waals surface area contributed by atoms with Gasteiger partial charge in [0.1, 0.15) is 16.6 Å². The van der Waals surface area contributed by atoms with E-state index in [1.807, 2.05) is 7.11 Å². The van der Waals surface area contributed by atoms with E-state index in [1.165, 1.54) is 24.4 Å². The van der Waals surface area contributed by atoms with Crippen molar-refractivity contribution in [2.75, 3.05) is 18.6 Å². The first kappa shape index (κ1) is 12.0. The third kappa shape index (κ3) is 1.45. The molecule has 4 nitrogen and oxygen atoms in total. The fourth-order valence-electron chi connectivity index (χ4n) is 4.51. The number of aromatic nitrogens is 1. The van der Waals surface area contributed by atoms with Gasteiger partial charge in [0.05, 0.1) is 12.1 Å². The van der Waals surface area contributed by atoms with Crippen molar-refractivity contribution in [3.8, 4) is 6.07 Å². The van der Waals surface area contributed by atoms with Crippen LogP contribution in [0.15, 0.2) is 0 Å².